The fourth-order valence-corrected chi connectivity index (χ4v) is 5.97. The Morgan fingerprint density at radius 2 is 1.64 bits per heavy atom. The number of hydrogen-bond acceptors (Lipinski definition) is 5. The summed E-state index contributed by atoms with van der Waals surface area (Å²) in [4.78, 5) is 19.6. The van der Waals surface area contributed by atoms with Gasteiger partial charge in [0.2, 0.25) is 5.91 Å². The first-order valence-electron chi connectivity index (χ1n) is 13.5. The average Bonchev–Trinajstić information content (AvgIpc) is 3.46. The molecule has 1 unspecified atom stereocenters. The lowest BCUT2D eigenvalue weighted by molar-refractivity contribution is -0.137. The third-order valence-electron chi connectivity index (χ3n) is 8.34. The van der Waals surface area contributed by atoms with Gasteiger partial charge in [-0.05, 0) is 48.7 Å². The standard InChI is InChI=1S/C30H35F3N4O2/c31-30(32,33)24-7-4-6-23(20-24)29(27(34)21-26-10-5-19-39-26)11-13-37(14-12-29)28(38)22-35-15-17-36(18-16-35)25-8-2-1-3-9-25/h1-10,19-20,27H,11-18,21-22,34H2. The van der Waals surface area contributed by atoms with Gasteiger partial charge in [-0.2, -0.15) is 13.2 Å². The van der Waals surface area contributed by atoms with Crippen molar-refractivity contribution in [3.8, 4) is 0 Å². The second kappa shape index (κ2) is 11.4. The Morgan fingerprint density at radius 1 is 0.923 bits per heavy atom. The van der Waals surface area contributed by atoms with E-state index in [0.29, 0.717) is 50.2 Å². The maximum absolute atomic E-state index is 13.6. The van der Waals surface area contributed by atoms with Gasteiger partial charge in [0, 0.05) is 62.8 Å². The number of piperazine rings is 1. The number of nitrogens with two attached hydrogens (primary N) is 1. The molecule has 0 aliphatic carbocycles. The molecule has 6 nitrogen and oxygen atoms in total. The number of anilines is 1. The van der Waals surface area contributed by atoms with Gasteiger partial charge in [0.25, 0.3) is 0 Å². The summed E-state index contributed by atoms with van der Waals surface area (Å²) in [6.07, 6.45) is -1.49. The van der Waals surface area contributed by atoms with E-state index in [0.717, 1.165) is 32.2 Å². The number of nitrogens with zero attached hydrogens (tertiary/aromatic N) is 3. The number of amides is 1. The first-order chi connectivity index (χ1) is 18.7. The lowest BCUT2D eigenvalue weighted by atomic mass is 9.66. The van der Waals surface area contributed by atoms with Crippen molar-refractivity contribution in [3.05, 3.63) is 89.9 Å². The molecule has 3 aromatic rings. The van der Waals surface area contributed by atoms with Crippen molar-refractivity contribution >= 4 is 11.6 Å². The van der Waals surface area contributed by atoms with Crippen molar-refractivity contribution in [1.82, 2.24) is 9.80 Å². The molecule has 0 spiro atoms. The minimum absolute atomic E-state index is 0.0559. The van der Waals surface area contributed by atoms with Crippen LogP contribution >= 0.6 is 0 Å². The van der Waals surface area contributed by atoms with E-state index >= 15 is 0 Å². The van der Waals surface area contributed by atoms with Crippen molar-refractivity contribution in [1.29, 1.82) is 0 Å². The summed E-state index contributed by atoms with van der Waals surface area (Å²) >= 11 is 0. The van der Waals surface area contributed by atoms with E-state index in [9.17, 15) is 18.0 Å². The smallest absolute Gasteiger partial charge is 0.416 e. The summed E-state index contributed by atoms with van der Waals surface area (Å²) in [5, 5.41) is 0. The van der Waals surface area contributed by atoms with Crippen LogP contribution in [0.4, 0.5) is 18.9 Å². The van der Waals surface area contributed by atoms with Gasteiger partial charge in [-0.3, -0.25) is 9.69 Å². The van der Waals surface area contributed by atoms with Crippen LogP contribution in [0.3, 0.4) is 0 Å². The number of hydrogen-bond donors (Lipinski definition) is 1. The molecule has 1 aromatic heterocycles. The van der Waals surface area contributed by atoms with Crippen molar-refractivity contribution in [2.75, 3.05) is 50.7 Å². The normalized spacial score (nSPS) is 19.2. The highest BCUT2D eigenvalue weighted by molar-refractivity contribution is 5.78. The van der Waals surface area contributed by atoms with Gasteiger partial charge < -0.3 is 20.0 Å². The number of carbonyl (C=O) groups is 1. The molecule has 2 saturated heterocycles. The summed E-state index contributed by atoms with van der Waals surface area (Å²) < 4.78 is 46.2. The van der Waals surface area contributed by atoms with E-state index in [1.807, 2.05) is 29.2 Å². The molecule has 1 atom stereocenters. The molecule has 208 valence electrons. The van der Waals surface area contributed by atoms with Gasteiger partial charge in [0.1, 0.15) is 5.76 Å². The summed E-state index contributed by atoms with van der Waals surface area (Å²) in [6.45, 7) is 4.57. The molecule has 2 aliphatic heterocycles. The topological polar surface area (TPSA) is 66.0 Å². The van der Waals surface area contributed by atoms with E-state index in [1.165, 1.54) is 17.8 Å². The van der Waals surface area contributed by atoms with E-state index in [2.05, 4.69) is 21.9 Å². The number of furan rings is 1. The van der Waals surface area contributed by atoms with Crippen molar-refractivity contribution in [2.24, 2.45) is 5.73 Å². The first kappa shape index (κ1) is 27.3. The van der Waals surface area contributed by atoms with Gasteiger partial charge >= 0.3 is 6.18 Å². The van der Waals surface area contributed by atoms with Gasteiger partial charge in [-0.1, -0.05) is 36.4 Å². The Balaban J connectivity index is 1.25. The zero-order chi connectivity index (χ0) is 27.5. The zero-order valence-electron chi connectivity index (χ0n) is 21.9. The number of rotatable bonds is 7. The van der Waals surface area contributed by atoms with Gasteiger partial charge in [0.05, 0.1) is 18.4 Å². The minimum atomic E-state index is -4.44. The SMILES string of the molecule is NC(Cc1ccco1)C1(c2cccc(C(F)(F)F)c2)CCN(C(=O)CN2CCN(c3ccccc3)CC2)CC1. The van der Waals surface area contributed by atoms with E-state index in [-0.39, 0.29) is 5.91 Å². The third-order valence-corrected chi connectivity index (χ3v) is 8.34. The predicted octanol–water partition coefficient (Wildman–Crippen LogP) is 4.55. The molecular formula is C30H35F3N4O2. The van der Waals surface area contributed by atoms with Gasteiger partial charge in [-0.25, -0.2) is 0 Å². The van der Waals surface area contributed by atoms with Crippen LogP contribution in [-0.2, 0) is 22.8 Å². The summed E-state index contributed by atoms with van der Waals surface area (Å²) in [5.74, 6) is 0.752. The second-order valence-corrected chi connectivity index (χ2v) is 10.6. The third kappa shape index (κ3) is 6.15. The summed E-state index contributed by atoms with van der Waals surface area (Å²) in [5.41, 5.74) is 7.12. The number of likely N-dealkylation sites (tertiary alicyclic amines) is 1. The number of para-hydroxylation sites is 1. The number of carbonyl (C=O) groups excluding carboxylic acids is 1. The molecule has 2 fully saturated rings. The lowest BCUT2D eigenvalue weighted by Gasteiger charge is -2.46. The molecule has 2 N–H and O–H groups in total. The van der Waals surface area contributed by atoms with Crippen LogP contribution in [0.1, 0.15) is 29.7 Å². The van der Waals surface area contributed by atoms with Crippen LogP contribution in [0.2, 0.25) is 0 Å². The Labute approximate surface area is 227 Å². The quantitative estimate of drug-likeness (QED) is 0.477. The van der Waals surface area contributed by atoms with Crippen LogP contribution in [0.15, 0.2) is 77.4 Å². The Hall–Kier alpha value is -3.30. The largest absolute Gasteiger partial charge is 0.469 e. The Morgan fingerprint density at radius 3 is 2.28 bits per heavy atom. The van der Waals surface area contributed by atoms with E-state index in [4.69, 9.17) is 10.2 Å². The Bertz CT molecular complexity index is 1220. The molecule has 9 heteroatoms. The molecule has 39 heavy (non-hydrogen) atoms. The number of halogens is 3. The van der Waals surface area contributed by atoms with Crippen LogP contribution in [0, 0.1) is 0 Å². The monoisotopic (exact) mass is 540 g/mol. The molecule has 1 amide bonds. The minimum Gasteiger partial charge on any atom is -0.469 e. The maximum atomic E-state index is 13.6. The maximum Gasteiger partial charge on any atom is 0.416 e. The highest BCUT2D eigenvalue weighted by Gasteiger charge is 2.44. The number of benzene rings is 2. The highest BCUT2D eigenvalue weighted by Crippen LogP contribution is 2.41. The van der Waals surface area contributed by atoms with Gasteiger partial charge in [-0.15, -0.1) is 0 Å². The molecule has 0 saturated carbocycles. The van der Waals surface area contributed by atoms with Gasteiger partial charge in [0.15, 0.2) is 0 Å². The molecule has 2 aliphatic rings. The lowest BCUT2D eigenvalue weighted by Crippen LogP contribution is -2.56. The highest BCUT2D eigenvalue weighted by atomic mass is 19.4. The van der Waals surface area contributed by atoms with Crippen LogP contribution in [0.25, 0.3) is 0 Å². The predicted molar refractivity (Wildman–Crippen MR) is 144 cm³/mol. The molecular weight excluding hydrogens is 505 g/mol. The fourth-order valence-electron chi connectivity index (χ4n) is 5.97. The van der Waals surface area contributed by atoms with Crippen LogP contribution in [0.5, 0.6) is 0 Å². The second-order valence-electron chi connectivity index (χ2n) is 10.6. The average molecular weight is 541 g/mol. The van der Waals surface area contributed by atoms with E-state index < -0.39 is 23.2 Å². The Kier molecular flexibility index (Phi) is 8.00. The van der Waals surface area contributed by atoms with Crippen molar-refractivity contribution in [2.45, 2.75) is 36.9 Å². The molecule has 5 rings (SSSR count). The molecule has 3 heterocycles. The van der Waals surface area contributed by atoms with E-state index in [1.54, 1.807) is 18.4 Å². The van der Waals surface area contributed by atoms with Crippen LogP contribution < -0.4 is 10.6 Å². The summed E-state index contributed by atoms with van der Waals surface area (Å²) in [7, 11) is 0. The summed E-state index contributed by atoms with van der Waals surface area (Å²) in [6, 6.07) is 18.9. The van der Waals surface area contributed by atoms with Crippen molar-refractivity contribution < 1.29 is 22.4 Å². The van der Waals surface area contributed by atoms with Crippen LogP contribution in [-0.4, -0.2) is 67.6 Å². The molecule has 0 radical (unpaired) electrons. The van der Waals surface area contributed by atoms with Crippen molar-refractivity contribution in [3.63, 3.8) is 0 Å². The first-order valence-corrected chi connectivity index (χ1v) is 13.5. The molecule has 0 bridgehead atoms. The number of piperidine rings is 1. The number of alkyl halides is 3. The fraction of sp³-hybridized carbons (Fsp3) is 0.433. The zero-order valence-corrected chi connectivity index (χ0v) is 21.9. The molecule has 2 aromatic carbocycles.